The van der Waals surface area contributed by atoms with E-state index in [-0.39, 0.29) is 18.2 Å². The Hall–Kier alpha value is -3.34. The fourth-order valence-electron chi connectivity index (χ4n) is 3.08. The van der Waals surface area contributed by atoms with Gasteiger partial charge >= 0.3 is 12.4 Å². The first-order valence-corrected chi connectivity index (χ1v) is 9.21. The van der Waals surface area contributed by atoms with Crippen molar-refractivity contribution in [2.45, 2.75) is 24.8 Å². The minimum absolute atomic E-state index is 0.0475. The predicted molar refractivity (Wildman–Crippen MR) is 106 cm³/mol. The number of rotatable bonds is 7. The van der Waals surface area contributed by atoms with Crippen LogP contribution in [-0.4, -0.2) is 17.8 Å². The lowest BCUT2D eigenvalue weighted by molar-refractivity contribution is -0.143. The van der Waals surface area contributed by atoms with Crippen LogP contribution in [0.4, 0.5) is 43.4 Å². The van der Waals surface area contributed by atoms with Gasteiger partial charge in [-0.05, 0) is 30.2 Å². The van der Waals surface area contributed by atoms with E-state index in [1.54, 1.807) is 30.3 Å². The zero-order chi connectivity index (χ0) is 23.7. The van der Waals surface area contributed by atoms with Gasteiger partial charge in [0.25, 0.3) is 10.9 Å². The Morgan fingerprint density at radius 2 is 1.34 bits per heavy atom. The van der Waals surface area contributed by atoms with E-state index in [1.165, 1.54) is 0 Å². The molecule has 0 saturated carbocycles. The van der Waals surface area contributed by atoms with Crippen molar-refractivity contribution < 1.29 is 31.4 Å². The average molecular weight is 458 g/mol. The Morgan fingerprint density at radius 1 is 0.812 bits per heavy atom. The first-order chi connectivity index (χ1) is 14.9. The molecule has 0 saturated heterocycles. The van der Waals surface area contributed by atoms with Crippen LogP contribution < -0.4 is 21.5 Å². The third-order valence-corrected chi connectivity index (χ3v) is 4.66. The van der Waals surface area contributed by atoms with Crippen LogP contribution in [0.15, 0.2) is 58.1 Å². The molecule has 32 heavy (non-hydrogen) atoms. The molecule has 170 valence electrons. The van der Waals surface area contributed by atoms with Gasteiger partial charge in [-0.3, -0.25) is 9.59 Å². The SMILES string of the molecule is O=c1c(Nc2cc(C(F)(F)F)cc(C(F)(F)F)c2)c(N[C@@H](CO)Cc2ccccc2)c1=O. The van der Waals surface area contributed by atoms with Gasteiger partial charge in [-0.2, -0.15) is 26.3 Å². The second-order valence-corrected chi connectivity index (χ2v) is 7.04. The van der Waals surface area contributed by atoms with Gasteiger partial charge in [0.1, 0.15) is 11.4 Å². The van der Waals surface area contributed by atoms with Gasteiger partial charge < -0.3 is 15.7 Å². The van der Waals surface area contributed by atoms with E-state index in [9.17, 15) is 41.0 Å². The predicted octanol–water partition coefficient (Wildman–Crippen LogP) is 4.08. The standard InChI is InChI=1S/C21H16F6N2O3/c22-20(23,24)12-7-13(21(25,26)27)9-14(8-12)28-16-17(19(32)18(16)31)29-15(10-30)6-11-4-2-1-3-5-11/h1-5,7-9,15,28-30H,6,10H2/t15-/m1/s1. The molecule has 0 bridgehead atoms. The highest BCUT2D eigenvalue weighted by molar-refractivity contribution is 5.79. The number of halogens is 6. The maximum atomic E-state index is 13.0. The molecule has 0 fully saturated rings. The minimum atomic E-state index is -5.07. The fourth-order valence-corrected chi connectivity index (χ4v) is 3.08. The molecule has 0 aliphatic heterocycles. The van der Waals surface area contributed by atoms with Crippen molar-refractivity contribution in [3.63, 3.8) is 0 Å². The molecule has 3 aromatic carbocycles. The number of aliphatic hydroxyl groups is 1. The van der Waals surface area contributed by atoms with Crippen molar-refractivity contribution >= 4 is 17.1 Å². The third kappa shape index (κ3) is 5.10. The first-order valence-electron chi connectivity index (χ1n) is 9.21. The highest BCUT2D eigenvalue weighted by Gasteiger charge is 2.37. The second-order valence-electron chi connectivity index (χ2n) is 7.04. The Balaban J connectivity index is 1.90. The van der Waals surface area contributed by atoms with Crippen LogP contribution in [0.2, 0.25) is 0 Å². The van der Waals surface area contributed by atoms with Crippen LogP contribution in [0.5, 0.6) is 0 Å². The molecule has 0 heterocycles. The number of anilines is 3. The normalized spacial score (nSPS) is 13.2. The number of hydrogen-bond acceptors (Lipinski definition) is 5. The zero-order valence-corrected chi connectivity index (χ0v) is 16.1. The van der Waals surface area contributed by atoms with Crippen molar-refractivity contribution in [2.75, 3.05) is 17.2 Å². The number of alkyl halides is 6. The van der Waals surface area contributed by atoms with Gasteiger partial charge in [-0.25, -0.2) is 0 Å². The summed E-state index contributed by atoms with van der Waals surface area (Å²) in [7, 11) is 0. The van der Waals surface area contributed by atoms with Crippen molar-refractivity contribution in [2.24, 2.45) is 0 Å². The van der Waals surface area contributed by atoms with Crippen molar-refractivity contribution in [1.29, 1.82) is 0 Å². The lowest BCUT2D eigenvalue weighted by Crippen LogP contribution is -2.40. The van der Waals surface area contributed by atoms with Crippen LogP contribution in [0.1, 0.15) is 16.7 Å². The molecule has 0 radical (unpaired) electrons. The topological polar surface area (TPSA) is 78.4 Å². The molecule has 3 N–H and O–H groups in total. The Labute approximate surface area is 177 Å². The number of nitrogens with one attached hydrogen (secondary N) is 2. The number of benzene rings is 2. The molecular formula is C21H16F6N2O3. The van der Waals surface area contributed by atoms with Gasteiger partial charge in [0, 0.05) is 5.69 Å². The molecule has 0 amide bonds. The molecule has 3 rings (SSSR count). The van der Waals surface area contributed by atoms with Gasteiger partial charge in [0.05, 0.1) is 23.8 Å². The molecular weight excluding hydrogens is 442 g/mol. The summed E-state index contributed by atoms with van der Waals surface area (Å²) in [6.07, 6.45) is -9.88. The van der Waals surface area contributed by atoms with Gasteiger partial charge in [0.15, 0.2) is 0 Å². The maximum absolute atomic E-state index is 13.0. The number of aliphatic hydroxyl groups excluding tert-OH is 1. The largest absolute Gasteiger partial charge is 0.416 e. The molecule has 0 spiro atoms. The summed E-state index contributed by atoms with van der Waals surface area (Å²) in [5, 5.41) is 14.4. The summed E-state index contributed by atoms with van der Waals surface area (Å²) >= 11 is 0. The average Bonchev–Trinajstić information content (AvgIpc) is 2.74. The molecule has 0 aliphatic carbocycles. The van der Waals surface area contributed by atoms with Gasteiger partial charge in [-0.1, -0.05) is 30.3 Å². The lowest BCUT2D eigenvalue weighted by Gasteiger charge is -2.22. The zero-order valence-electron chi connectivity index (χ0n) is 16.1. The molecule has 1 atom stereocenters. The van der Waals surface area contributed by atoms with E-state index >= 15 is 0 Å². The van der Waals surface area contributed by atoms with Crippen molar-refractivity contribution in [3.8, 4) is 0 Å². The smallest absolute Gasteiger partial charge is 0.394 e. The molecule has 3 aromatic rings. The van der Waals surface area contributed by atoms with Crippen LogP contribution in [0.3, 0.4) is 0 Å². The van der Waals surface area contributed by atoms with E-state index in [2.05, 4.69) is 10.6 Å². The van der Waals surface area contributed by atoms with Crippen LogP contribution in [0.25, 0.3) is 0 Å². The summed E-state index contributed by atoms with van der Waals surface area (Å²) in [6.45, 7) is -0.449. The quantitative estimate of drug-likeness (QED) is 0.368. The number of hydrogen-bond donors (Lipinski definition) is 3. The van der Waals surface area contributed by atoms with Crippen LogP contribution in [0, 0.1) is 0 Å². The molecule has 0 aromatic heterocycles. The minimum Gasteiger partial charge on any atom is -0.394 e. The monoisotopic (exact) mass is 458 g/mol. The molecule has 5 nitrogen and oxygen atoms in total. The molecule has 0 aliphatic rings. The third-order valence-electron chi connectivity index (χ3n) is 4.66. The summed E-state index contributed by atoms with van der Waals surface area (Å²) in [4.78, 5) is 23.9. The second kappa shape index (κ2) is 8.65. The van der Waals surface area contributed by atoms with E-state index in [0.717, 1.165) is 5.56 Å². The van der Waals surface area contributed by atoms with E-state index in [4.69, 9.17) is 0 Å². The molecule has 11 heteroatoms. The Bertz CT molecular complexity index is 1130. The summed E-state index contributed by atoms with van der Waals surface area (Å²) in [5.74, 6) is 0. The van der Waals surface area contributed by atoms with E-state index < -0.39 is 58.4 Å². The van der Waals surface area contributed by atoms with Crippen molar-refractivity contribution in [1.82, 2.24) is 0 Å². The van der Waals surface area contributed by atoms with Gasteiger partial charge in [0.2, 0.25) is 0 Å². The summed E-state index contributed by atoms with van der Waals surface area (Å²) in [5.41, 5.74) is -5.91. The maximum Gasteiger partial charge on any atom is 0.416 e. The highest BCUT2D eigenvalue weighted by Crippen LogP contribution is 2.38. The molecule has 0 unspecified atom stereocenters. The highest BCUT2D eigenvalue weighted by atomic mass is 19.4. The summed E-state index contributed by atoms with van der Waals surface area (Å²) in [6, 6.07) is 8.82. The first kappa shape index (κ1) is 23.3. The summed E-state index contributed by atoms with van der Waals surface area (Å²) < 4.78 is 78.2. The van der Waals surface area contributed by atoms with Crippen molar-refractivity contribution in [3.05, 3.63) is 85.7 Å². The Morgan fingerprint density at radius 3 is 1.84 bits per heavy atom. The van der Waals surface area contributed by atoms with E-state index in [0.29, 0.717) is 12.1 Å². The Kier molecular flexibility index (Phi) is 6.31. The van der Waals surface area contributed by atoms with E-state index in [1.807, 2.05) is 0 Å². The fraction of sp³-hybridized carbons (Fsp3) is 0.238. The van der Waals surface area contributed by atoms with Crippen LogP contribution >= 0.6 is 0 Å². The lowest BCUT2D eigenvalue weighted by atomic mass is 10.0. The van der Waals surface area contributed by atoms with Gasteiger partial charge in [-0.15, -0.1) is 0 Å². The van der Waals surface area contributed by atoms with Crippen LogP contribution in [-0.2, 0) is 18.8 Å².